The third-order valence-corrected chi connectivity index (χ3v) is 3.15. The van der Waals surface area contributed by atoms with E-state index in [4.69, 9.17) is 0 Å². The largest absolute Gasteiger partial charge is 0.349 e. The van der Waals surface area contributed by atoms with Crippen LogP contribution in [0.25, 0.3) is 0 Å². The van der Waals surface area contributed by atoms with Crippen LogP contribution in [0, 0.1) is 27.7 Å². The van der Waals surface area contributed by atoms with E-state index in [0.29, 0.717) is 18.1 Å². The molecule has 1 saturated carbocycles. The van der Waals surface area contributed by atoms with Gasteiger partial charge in [-0.3, -0.25) is 14.9 Å². The third-order valence-electron chi connectivity index (χ3n) is 3.15. The molecule has 7 heteroatoms. The SMILES string of the molecule is CC(NC(=O)c1cc(F)cc([N+](=O)[O-])c1F)C1CC1. The maximum Gasteiger partial charge on any atom is 0.308 e. The van der Waals surface area contributed by atoms with Gasteiger partial charge in [0.05, 0.1) is 16.6 Å². The number of hydrogen-bond acceptors (Lipinski definition) is 3. The van der Waals surface area contributed by atoms with E-state index in [0.717, 1.165) is 12.8 Å². The topological polar surface area (TPSA) is 72.2 Å². The summed E-state index contributed by atoms with van der Waals surface area (Å²) in [4.78, 5) is 21.3. The Bertz CT molecular complexity index is 544. The molecule has 102 valence electrons. The highest BCUT2D eigenvalue weighted by atomic mass is 19.1. The predicted molar refractivity (Wildman–Crippen MR) is 62.7 cm³/mol. The highest BCUT2D eigenvalue weighted by molar-refractivity contribution is 5.95. The summed E-state index contributed by atoms with van der Waals surface area (Å²) in [6.45, 7) is 1.77. The van der Waals surface area contributed by atoms with Crippen molar-refractivity contribution in [2.45, 2.75) is 25.8 Å². The Morgan fingerprint density at radius 3 is 2.63 bits per heavy atom. The number of nitrogens with zero attached hydrogens (tertiary/aromatic N) is 1. The van der Waals surface area contributed by atoms with Crippen molar-refractivity contribution in [3.8, 4) is 0 Å². The minimum Gasteiger partial charge on any atom is -0.349 e. The van der Waals surface area contributed by atoms with Crippen molar-refractivity contribution in [3.05, 3.63) is 39.4 Å². The van der Waals surface area contributed by atoms with E-state index in [1.165, 1.54) is 0 Å². The quantitative estimate of drug-likeness (QED) is 0.674. The smallest absolute Gasteiger partial charge is 0.308 e. The monoisotopic (exact) mass is 270 g/mol. The summed E-state index contributed by atoms with van der Waals surface area (Å²) in [5, 5.41) is 13.1. The Kier molecular flexibility index (Phi) is 3.46. The summed E-state index contributed by atoms with van der Waals surface area (Å²) < 4.78 is 26.9. The van der Waals surface area contributed by atoms with Gasteiger partial charge in [0.15, 0.2) is 0 Å². The second-order valence-electron chi connectivity index (χ2n) is 4.64. The molecule has 1 atom stereocenters. The molecule has 2 rings (SSSR count). The van der Waals surface area contributed by atoms with Gasteiger partial charge in [-0.05, 0) is 31.7 Å². The van der Waals surface area contributed by atoms with E-state index in [2.05, 4.69) is 5.32 Å². The number of nitro benzene ring substituents is 1. The summed E-state index contributed by atoms with van der Waals surface area (Å²) in [5.41, 5.74) is -1.68. The predicted octanol–water partition coefficient (Wildman–Crippen LogP) is 2.40. The fourth-order valence-corrected chi connectivity index (χ4v) is 1.87. The number of halogens is 2. The van der Waals surface area contributed by atoms with Gasteiger partial charge in [0.25, 0.3) is 5.91 Å². The van der Waals surface area contributed by atoms with Crippen LogP contribution in [-0.4, -0.2) is 16.9 Å². The molecule has 5 nitrogen and oxygen atoms in total. The lowest BCUT2D eigenvalue weighted by atomic mass is 10.1. The highest BCUT2D eigenvalue weighted by Crippen LogP contribution is 2.32. The lowest BCUT2D eigenvalue weighted by Gasteiger charge is -2.13. The Balaban J connectivity index is 2.27. The van der Waals surface area contributed by atoms with E-state index < -0.39 is 33.7 Å². The minimum atomic E-state index is -1.31. The van der Waals surface area contributed by atoms with Gasteiger partial charge in [0.2, 0.25) is 5.82 Å². The summed E-state index contributed by atoms with van der Waals surface area (Å²) in [7, 11) is 0. The van der Waals surface area contributed by atoms with E-state index in [9.17, 15) is 23.7 Å². The lowest BCUT2D eigenvalue weighted by Crippen LogP contribution is -2.34. The van der Waals surface area contributed by atoms with E-state index in [-0.39, 0.29) is 6.04 Å². The van der Waals surface area contributed by atoms with E-state index in [1.807, 2.05) is 0 Å². The van der Waals surface area contributed by atoms with Crippen molar-refractivity contribution >= 4 is 11.6 Å². The summed E-state index contributed by atoms with van der Waals surface area (Å²) >= 11 is 0. The van der Waals surface area contributed by atoms with Crippen molar-refractivity contribution in [2.75, 3.05) is 0 Å². The van der Waals surface area contributed by atoms with Crippen LogP contribution >= 0.6 is 0 Å². The zero-order valence-electron chi connectivity index (χ0n) is 10.2. The van der Waals surface area contributed by atoms with Crippen LogP contribution in [0.3, 0.4) is 0 Å². The molecule has 1 aliphatic rings. The number of amides is 1. The molecule has 0 aromatic heterocycles. The Morgan fingerprint density at radius 1 is 1.47 bits per heavy atom. The number of rotatable bonds is 4. The van der Waals surface area contributed by atoms with Gasteiger partial charge in [-0.15, -0.1) is 0 Å². The molecule has 1 aromatic carbocycles. The molecule has 1 fully saturated rings. The third kappa shape index (κ3) is 2.86. The van der Waals surface area contributed by atoms with Crippen LogP contribution in [-0.2, 0) is 0 Å². The molecule has 1 aromatic rings. The number of carbonyl (C=O) groups excluding carboxylic acids is 1. The van der Waals surface area contributed by atoms with Gasteiger partial charge in [-0.1, -0.05) is 0 Å². The zero-order valence-corrected chi connectivity index (χ0v) is 10.2. The Labute approximate surface area is 107 Å². The average molecular weight is 270 g/mol. The average Bonchev–Trinajstić information content (AvgIpc) is 3.15. The first-order valence-corrected chi connectivity index (χ1v) is 5.84. The van der Waals surface area contributed by atoms with Crippen molar-refractivity contribution in [3.63, 3.8) is 0 Å². The Hall–Kier alpha value is -2.05. The highest BCUT2D eigenvalue weighted by Gasteiger charge is 2.31. The van der Waals surface area contributed by atoms with Gasteiger partial charge in [0.1, 0.15) is 5.82 Å². The number of nitro groups is 1. The first-order chi connectivity index (χ1) is 8.90. The van der Waals surface area contributed by atoms with Crippen LogP contribution < -0.4 is 5.32 Å². The van der Waals surface area contributed by atoms with Crippen molar-refractivity contribution in [2.24, 2.45) is 5.92 Å². The van der Waals surface area contributed by atoms with Gasteiger partial charge in [0, 0.05) is 6.04 Å². The number of hydrogen-bond donors (Lipinski definition) is 1. The van der Waals surface area contributed by atoms with Crippen LogP contribution in [0.4, 0.5) is 14.5 Å². The van der Waals surface area contributed by atoms with Gasteiger partial charge >= 0.3 is 5.69 Å². The fraction of sp³-hybridized carbons (Fsp3) is 0.417. The van der Waals surface area contributed by atoms with E-state index >= 15 is 0 Å². The summed E-state index contributed by atoms with van der Waals surface area (Å²) in [6.07, 6.45) is 1.96. The molecule has 1 amide bonds. The second kappa shape index (κ2) is 4.91. The van der Waals surface area contributed by atoms with Crippen molar-refractivity contribution in [1.29, 1.82) is 0 Å². The molecule has 1 unspecified atom stereocenters. The van der Waals surface area contributed by atoms with E-state index in [1.54, 1.807) is 6.92 Å². The molecule has 0 saturated heterocycles. The fourth-order valence-electron chi connectivity index (χ4n) is 1.87. The van der Waals surface area contributed by atoms with Crippen LogP contribution in [0.2, 0.25) is 0 Å². The normalized spacial score (nSPS) is 15.9. The maximum absolute atomic E-state index is 13.8. The minimum absolute atomic E-state index is 0.158. The number of carbonyl (C=O) groups is 1. The molecule has 0 radical (unpaired) electrons. The van der Waals surface area contributed by atoms with Crippen LogP contribution in [0.1, 0.15) is 30.1 Å². The maximum atomic E-state index is 13.8. The van der Waals surface area contributed by atoms with Crippen molar-refractivity contribution < 1.29 is 18.5 Å². The lowest BCUT2D eigenvalue weighted by molar-refractivity contribution is -0.387. The van der Waals surface area contributed by atoms with Gasteiger partial charge in [-0.25, -0.2) is 4.39 Å². The van der Waals surface area contributed by atoms with Crippen molar-refractivity contribution in [1.82, 2.24) is 5.32 Å². The number of benzene rings is 1. The van der Waals surface area contributed by atoms with Gasteiger partial charge in [-0.2, -0.15) is 4.39 Å². The molecule has 0 aliphatic heterocycles. The standard InChI is InChI=1S/C12H12F2N2O3/c1-6(7-2-3-7)15-12(17)9-4-8(13)5-10(11(9)14)16(18)19/h4-7H,2-3H2,1H3,(H,15,17). The van der Waals surface area contributed by atoms with Crippen LogP contribution in [0.5, 0.6) is 0 Å². The molecule has 0 heterocycles. The number of nitrogens with one attached hydrogen (secondary N) is 1. The molecule has 0 spiro atoms. The van der Waals surface area contributed by atoms with Crippen LogP contribution in [0.15, 0.2) is 12.1 Å². The molecular weight excluding hydrogens is 258 g/mol. The molecule has 19 heavy (non-hydrogen) atoms. The first-order valence-electron chi connectivity index (χ1n) is 5.84. The zero-order chi connectivity index (χ0) is 14.2. The first kappa shape index (κ1) is 13.4. The molecule has 1 N–H and O–H groups in total. The summed E-state index contributed by atoms with van der Waals surface area (Å²) in [5.74, 6) is -2.82. The van der Waals surface area contributed by atoms with Gasteiger partial charge < -0.3 is 5.32 Å². The second-order valence-corrected chi connectivity index (χ2v) is 4.64. The molecule has 1 aliphatic carbocycles. The molecule has 0 bridgehead atoms. The molecular formula is C12H12F2N2O3. The Morgan fingerprint density at radius 2 is 2.11 bits per heavy atom. The summed E-state index contributed by atoms with van der Waals surface area (Å²) in [6, 6.07) is 0.961.